The van der Waals surface area contributed by atoms with Crippen LogP contribution in [0.1, 0.15) is 29.5 Å². The molecule has 0 saturated carbocycles. The van der Waals surface area contributed by atoms with Crippen molar-refractivity contribution in [3.8, 4) is 5.75 Å². The van der Waals surface area contributed by atoms with Gasteiger partial charge in [0.15, 0.2) is 0 Å². The van der Waals surface area contributed by atoms with Crippen molar-refractivity contribution in [1.29, 1.82) is 0 Å². The summed E-state index contributed by atoms with van der Waals surface area (Å²) in [4.78, 5) is 22.0. The third-order valence-corrected chi connectivity index (χ3v) is 5.21. The number of carbonyl (C=O) groups excluding carboxylic acids is 1. The lowest BCUT2D eigenvalue weighted by Crippen LogP contribution is -2.33. The van der Waals surface area contributed by atoms with Crippen molar-refractivity contribution in [3.63, 3.8) is 0 Å². The molecule has 154 valence electrons. The molecule has 30 heavy (non-hydrogen) atoms. The summed E-state index contributed by atoms with van der Waals surface area (Å²) in [5.74, 6) is 2.12. The van der Waals surface area contributed by atoms with Gasteiger partial charge in [-0.2, -0.15) is 0 Å². The van der Waals surface area contributed by atoms with Gasteiger partial charge in [0, 0.05) is 38.0 Å². The second-order valence-corrected chi connectivity index (χ2v) is 7.32. The molecule has 0 fully saturated rings. The summed E-state index contributed by atoms with van der Waals surface area (Å²) >= 11 is 0. The largest absolute Gasteiger partial charge is 0.489 e. The van der Waals surface area contributed by atoms with E-state index in [1.54, 1.807) is 0 Å². The maximum absolute atomic E-state index is 11.2. The molecule has 2 aromatic carbocycles. The molecule has 1 atom stereocenters. The monoisotopic (exact) mass is 403 g/mol. The van der Waals surface area contributed by atoms with Crippen LogP contribution in [0.3, 0.4) is 0 Å². The van der Waals surface area contributed by atoms with E-state index < -0.39 is 0 Å². The van der Waals surface area contributed by atoms with Gasteiger partial charge in [-0.15, -0.1) is 0 Å². The van der Waals surface area contributed by atoms with Crippen molar-refractivity contribution in [1.82, 2.24) is 15.3 Å². The highest BCUT2D eigenvalue weighted by molar-refractivity contribution is 5.73. The minimum Gasteiger partial charge on any atom is -0.489 e. The molecule has 0 radical (unpaired) electrons. The second kappa shape index (κ2) is 8.82. The highest BCUT2D eigenvalue weighted by Gasteiger charge is 2.33. The molecule has 0 aliphatic carbocycles. The molecule has 7 nitrogen and oxygen atoms in total. The van der Waals surface area contributed by atoms with Crippen LogP contribution < -0.4 is 20.7 Å². The van der Waals surface area contributed by atoms with Crippen LogP contribution in [0.15, 0.2) is 60.9 Å². The number of ether oxygens (including phenoxy) is 1. The van der Waals surface area contributed by atoms with Gasteiger partial charge in [-0.05, 0) is 23.3 Å². The highest BCUT2D eigenvalue weighted by atomic mass is 16.5. The van der Waals surface area contributed by atoms with Crippen molar-refractivity contribution in [2.24, 2.45) is 0 Å². The number of nitrogens with zero attached hydrogens (tertiary/aromatic N) is 3. The van der Waals surface area contributed by atoms with E-state index in [2.05, 4.69) is 32.3 Å². The predicted octanol–water partition coefficient (Wildman–Crippen LogP) is 2.73. The van der Waals surface area contributed by atoms with E-state index >= 15 is 0 Å². The number of nitrogens with one attached hydrogen (secondary N) is 1. The third kappa shape index (κ3) is 4.35. The summed E-state index contributed by atoms with van der Waals surface area (Å²) in [7, 11) is 0. The number of nitrogen functional groups attached to an aromatic ring is 1. The van der Waals surface area contributed by atoms with Crippen LogP contribution in [0.4, 0.5) is 11.6 Å². The van der Waals surface area contributed by atoms with Gasteiger partial charge in [0.2, 0.25) is 5.91 Å². The van der Waals surface area contributed by atoms with Crippen LogP contribution in [0, 0.1) is 0 Å². The van der Waals surface area contributed by atoms with Crippen molar-refractivity contribution in [3.05, 3.63) is 77.6 Å². The van der Waals surface area contributed by atoms with E-state index in [-0.39, 0.29) is 11.8 Å². The fourth-order valence-electron chi connectivity index (χ4n) is 3.78. The highest BCUT2D eigenvalue weighted by Crippen LogP contribution is 2.41. The Labute approximate surface area is 175 Å². The first-order chi connectivity index (χ1) is 14.6. The van der Waals surface area contributed by atoms with Gasteiger partial charge in [-0.1, -0.05) is 42.5 Å². The number of anilines is 2. The standard InChI is InChI=1S/C23H25N5O2/c1-16(29)25-10-11-28-13-20(21-22(24)26-15-27-23(21)28)18-8-5-9-19(12-18)30-14-17-6-3-2-4-7-17/h2-9,12,15,20H,10-11,13-14H2,1H3,(H,25,29)(H2,24,26,27). The SMILES string of the molecule is CC(=O)NCCN1CC(c2cccc(OCc3ccccc3)c2)c2c(N)ncnc21. The van der Waals surface area contributed by atoms with Crippen molar-refractivity contribution in [2.45, 2.75) is 19.4 Å². The number of rotatable bonds is 7. The van der Waals surface area contributed by atoms with Gasteiger partial charge in [0.1, 0.15) is 30.3 Å². The van der Waals surface area contributed by atoms with Gasteiger partial charge >= 0.3 is 0 Å². The quantitative estimate of drug-likeness (QED) is 0.630. The van der Waals surface area contributed by atoms with Gasteiger partial charge in [0.25, 0.3) is 0 Å². The Balaban J connectivity index is 1.54. The van der Waals surface area contributed by atoms with E-state index in [1.165, 1.54) is 13.3 Å². The number of aromatic nitrogens is 2. The number of benzene rings is 2. The summed E-state index contributed by atoms with van der Waals surface area (Å²) in [5, 5.41) is 2.84. The third-order valence-electron chi connectivity index (χ3n) is 5.21. The Morgan fingerprint density at radius 1 is 1.20 bits per heavy atom. The van der Waals surface area contributed by atoms with Crippen LogP contribution in [0.2, 0.25) is 0 Å². The number of nitrogens with two attached hydrogens (primary N) is 1. The number of hydrogen-bond acceptors (Lipinski definition) is 6. The summed E-state index contributed by atoms with van der Waals surface area (Å²) in [6, 6.07) is 18.2. The molecule has 7 heteroatoms. The van der Waals surface area contributed by atoms with E-state index in [9.17, 15) is 4.79 Å². The molecule has 1 amide bonds. The second-order valence-electron chi connectivity index (χ2n) is 7.32. The average Bonchev–Trinajstić information content (AvgIpc) is 3.13. The Bertz CT molecular complexity index is 1030. The molecule has 2 heterocycles. The van der Waals surface area contributed by atoms with Gasteiger partial charge < -0.3 is 20.7 Å². The first-order valence-corrected chi connectivity index (χ1v) is 9.98. The zero-order chi connectivity index (χ0) is 20.9. The Kier molecular flexibility index (Phi) is 5.79. The maximum Gasteiger partial charge on any atom is 0.216 e. The molecule has 0 saturated heterocycles. The number of carbonyl (C=O) groups is 1. The van der Waals surface area contributed by atoms with Crippen LogP contribution in [-0.4, -0.2) is 35.5 Å². The average molecular weight is 403 g/mol. The molecule has 0 bridgehead atoms. The summed E-state index contributed by atoms with van der Waals surface area (Å²) in [6.45, 7) is 3.96. The molecule has 1 unspecified atom stereocenters. The minimum absolute atomic E-state index is 0.0406. The van der Waals surface area contributed by atoms with Crippen LogP contribution in [-0.2, 0) is 11.4 Å². The minimum atomic E-state index is -0.0450. The van der Waals surface area contributed by atoms with Crippen LogP contribution >= 0.6 is 0 Å². The summed E-state index contributed by atoms with van der Waals surface area (Å²) in [5.41, 5.74) is 9.39. The smallest absolute Gasteiger partial charge is 0.216 e. The first-order valence-electron chi connectivity index (χ1n) is 9.98. The lowest BCUT2D eigenvalue weighted by atomic mass is 9.94. The lowest BCUT2D eigenvalue weighted by molar-refractivity contribution is -0.118. The van der Waals surface area contributed by atoms with E-state index in [0.717, 1.165) is 34.8 Å². The Morgan fingerprint density at radius 2 is 2.03 bits per heavy atom. The fraction of sp³-hybridized carbons (Fsp3) is 0.261. The molecule has 3 aromatic rings. The molecular weight excluding hydrogens is 378 g/mol. The van der Waals surface area contributed by atoms with Gasteiger partial charge in [-0.25, -0.2) is 9.97 Å². The number of hydrogen-bond donors (Lipinski definition) is 2. The normalized spacial score (nSPS) is 15.0. The molecule has 1 aromatic heterocycles. The van der Waals surface area contributed by atoms with E-state index in [4.69, 9.17) is 10.5 Å². The molecular formula is C23H25N5O2. The lowest BCUT2D eigenvalue weighted by Gasteiger charge is -2.19. The topological polar surface area (TPSA) is 93.4 Å². The summed E-state index contributed by atoms with van der Waals surface area (Å²) < 4.78 is 6.00. The molecule has 1 aliphatic rings. The van der Waals surface area contributed by atoms with Crippen molar-refractivity contribution in [2.75, 3.05) is 30.3 Å². The first kappa shape index (κ1) is 19.7. The van der Waals surface area contributed by atoms with Crippen LogP contribution in [0.25, 0.3) is 0 Å². The summed E-state index contributed by atoms with van der Waals surface area (Å²) in [6.07, 6.45) is 1.49. The molecule has 1 aliphatic heterocycles. The zero-order valence-corrected chi connectivity index (χ0v) is 16.9. The van der Waals surface area contributed by atoms with Crippen molar-refractivity contribution < 1.29 is 9.53 Å². The zero-order valence-electron chi connectivity index (χ0n) is 16.9. The Morgan fingerprint density at radius 3 is 2.83 bits per heavy atom. The number of fused-ring (bicyclic) bond motifs is 1. The fourth-order valence-corrected chi connectivity index (χ4v) is 3.78. The molecule has 0 spiro atoms. The maximum atomic E-state index is 11.2. The molecule has 3 N–H and O–H groups in total. The van der Waals surface area contributed by atoms with Gasteiger partial charge in [0.05, 0.1) is 0 Å². The van der Waals surface area contributed by atoms with Crippen molar-refractivity contribution >= 4 is 17.5 Å². The molecule has 4 rings (SSSR count). The van der Waals surface area contributed by atoms with E-state index in [1.807, 2.05) is 42.5 Å². The van der Waals surface area contributed by atoms with Gasteiger partial charge in [-0.3, -0.25) is 4.79 Å². The Hall–Kier alpha value is -3.61. The number of amides is 1. The van der Waals surface area contributed by atoms with Crippen LogP contribution in [0.5, 0.6) is 5.75 Å². The predicted molar refractivity (Wildman–Crippen MR) is 116 cm³/mol. The van der Waals surface area contributed by atoms with E-state index in [0.29, 0.717) is 25.5 Å².